The van der Waals surface area contributed by atoms with Gasteiger partial charge in [-0.1, -0.05) is 25.7 Å². The van der Waals surface area contributed by atoms with E-state index < -0.39 is 16.9 Å². The van der Waals surface area contributed by atoms with Crippen LogP contribution in [0.3, 0.4) is 0 Å². The quantitative estimate of drug-likeness (QED) is 0.749. The van der Waals surface area contributed by atoms with Crippen molar-refractivity contribution in [1.29, 1.82) is 0 Å². The molecule has 20 heavy (non-hydrogen) atoms. The van der Waals surface area contributed by atoms with Crippen LogP contribution in [0.5, 0.6) is 0 Å². The van der Waals surface area contributed by atoms with Crippen molar-refractivity contribution in [1.82, 2.24) is 4.90 Å². The van der Waals surface area contributed by atoms with E-state index in [4.69, 9.17) is 13.3 Å². The second-order valence-corrected chi connectivity index (χ2v) is 15.9. The molecule has 3 heterocycles. The van der Waals surface area contributed by atoms with E-state index in [0.29, 0.717) is 0 Å². The van der Waals surface area contributed by atoms with E-state index in [1.165, 1.54) is 6.04 Å². The Morgan fingerprint density at radius 2 is 1.30 bits per heavy atom. The highest BCUT2D eigenvalue weighted by Gasteiger charge is 2.49. The minimum absolute atomic E-state index is 0.211. The van der Waals surface area contributed by atoms with Crippen molar-refractivity contribution in [2.75, 3.05) is 19.6 Å². The van der Waals surface area contributed by atoms with E-state index in [0.717, 1.165) is 25.7 Å². The largest absolute Gasteiger partial charge is 0.501 e. The number of hydrogen-bond acceptors (Lipinski definition) is 4. The van der Waals surface area contributed by atoms with Gasteiger partial charge in [0.05, 0.1) is 18.3 Å². The lowest BCUT2D eigenvalue weighted by molar-refractivity contribution is -0.0783. The van der Waals surface area contributed by atoms with Crippen LogP contribution in [0.15, 0.2) is 0 Å². The lowest BCUT2D eigenvalue weighted by Gasteiger charge is -2.45. The molecule has 3 aliphatic heterocycles. The van der Waals surface area contributed by atoms with Crippen LogP contribution in [-0.2, 0) is 13.3 Å². The van der Waals surface area contributed by atoms with Crippen molar-refractivity contribution in [3.8, 4) is 0 Å². The smallest absolute Gasteiger partial charge is 0.369 e. The van der Waals surface area contributed by atoms with Crippen molar-refractivity contribution < 1.29 is 13.3 Å². The summed E-state index contributed by atoms with van der Waals surface area (Å²) >= 11 is 0. The molecule has 0 aliphatic carbocycles. The van der Waals surface area contributed by atoms with Crippen LogP contribution < -0.4 is 0 Å². The molecule has 0 N–H and O–H groups in total. The van der Waals surface area contributed by atoms with Crippen LogP contribution >= 0.6 is 0 Å². The summed E-state index contributed by atoms with van der Waals surface area (Å²) in [7, 11) is -3.63. The minimum atomic E-state index is -2.52. The van der Waals surface area contributed by atoms with Gasteiger partial charge in [0.1, 0.15) is 0 Å². The van der Waals surface area contributed by atoms with Crippen molar-refractivity contribution in [3.63, 3.8) is 0 Å². The van der Waals surface area contributed by atoms with Crippen LogP contribution in [-0.4, -0.2) is 59.7 Å². The third-order valence-corrected chi connectivity index (χ3v) is 9.27. The molecule has 118 valence electrons. The molecule has 0 aromatic heterocycles. The van der Waals surface area contributed by atoms with Gasteiger partial charge in [-0.25, -0.2) is 0 Å². The zero-order chi connectivity index (χ0) is 15.0. The number of nitrogens with zero attached hydrogens (tertiary/aromatic N) is 1. The lowest BCUT2D eigenvalue weighted by Crippen LogP contribution is -2.61. The fourth-order valence-corrected chi connectivity index (χ4v) is 9.94. The van der Waals surface area contributed by atoms with E-state index in [9.17, 15) is 0 Å². The van der Waals surface area contributed by atoms with Gasteiger partial charge < -0.3 is 13.3 Å². The molecule has 0 aromatic carbocycles. The Labute approximate surface area is 126 Å². The first kappa shape index (κ1) is 16.6. The predicted octanol–water partition coefficient (Wildman–Crippen LogP) is 2.81. The molecule has 3 fully saturated rings. The lowest BCUT2D eigenvalue weighted by atomic mass is 10.2. The van der Waals surface area contributed by atoms with Gasteiger partial charge in [0, 0.05) is 33.8 Å². The molecule has 6 heteroatoms. The van der Waals surface area contributed by atoms with Gasteiger partial charge in [0.25, 0.3) is 0 Å². The fraction of sp³-hybridized carbons (Fsp3) is 1.00. The summed E-state index contributed by atoms with van der Waals surface area (Å²) in [5.41, 5.74) is 0. The number of fused-ring (bicyclic) bond motifs is 6. The molecule has 3 saturated heterocycles. The van der Waals surface area contributed by atoms with Gasteiger partial charge in [-0.2, -0.15) is 0 Å². The maximum Gasteiger partial charge on any atom is 0.501 e. The second-order valence-electron chi connectivity index (χ2n) is 7.75. The van der Waals surface area contributed by atoms with Gasteiger partial charge in [0.15, 0.2) is 0 Å². The first-order chi connectivity index (χ1) is 9.17. The highest BCUT2D eigenvalue weighted by atomic mass is 28.4. The molecule has 0 amide bonds. The zero-order valence-electron chi connectivity index (χ0n) is 13.9. The van der Waals surface area contributed by atoms with E-state index in [1.54, 1.807) is 0 Å². The Hall–Kier alpha value is 0.274. The van der Waals surface area contributed by atoms with Crippen LogP contribution in [0.25, 0.3) is 0 Å². The van der Waals surface area contributed by atoms with Crippen LogP contribution in [0.4, 0.5) is 0 Å². The molecule has 3 aliphatic rings. The van der Waals surface area contributed by atoms with Crippen molar-refractivity contribution >= 4 is 16.9 Å². The highest BCUT2D eigenvalue weighted by molar-refractivity contribution is 6.77. The Morgan fingerprint density at radius 1 is 0.900 bits per heavy atom. The van der Waals surface area contributed by atoms with Gasteiger partial charge in [0.2, 0.25) is 0 Å². The molecule has 0 unspecified atom stereocenters. The number of hydrogen-bond donors (Lipinski definition) is 0. The topological polar surface area (TPSA) is 30.9 Å². The summed E-state index contributed by atoms with van der Waals surface area (Å²) in [4.78, 5) is 2.41. The molecule has 0 aromatic rings. The van der Waals surface area contributed by atoms with E-state index >= 15 is 0 Å². The Morgan fingerprint density at radius 3 is 1.65 bits per heavy atom. The first-order valence-corrected chi connectivity index (χ1v) is 13.6. The zero-order valence-corrected chi connectivity index (χ0v) is 15.9. The molecular formula is C14H31NO3Si2. The molecule has 0 saturated carbocycles. The van der Waals surface area contributed by atoms with Crippen LogP contribution in [0.2, 0.25) is 31.7 Å². The minimum Gasteiger partial charge on any atom is -0.369 e. The van der Waals surface area contributed by atoms with E-state index in [2.05, 4.69) is 45.3 Å². The summed E-state index contributed by atoms with van der Waals surface area (Å²) in [5.74, 6) is 0. The Kier molecular flexibility index (Phi) is 5.14. The standard InChI is InChI=1S/C14H31NO3Si2/c1-12-9-15-10-13(2)17-20(16-12,18-14(3)11-15)8-7-19(4,5)6/h12-14H,7-11H2,1-6H3/t12-,13-,14-/m0/s1. The fourth-order valence-electron chi connectivity index (χ4n) is 3.13. The molecule has 4 nitrogen and oxygen atoms in total. The molecule has 0 radical (unpaired) electrons. The summed E-state index contributed by atoms with van der Waals surface area (Å²) < 4.78 is 19.1. The van der Waals surface area contributed by atoms with E-state index in [1.807, 2.05) is 0 Å². The third-order valence-electron chi connectivity index (χ3n) is 3.87. The van der Waals surface area contributed by atoms with Crippen molar-refractivity contribution in [3.05, 3.63) is 0 Å². The monoisotopic (exact) mass is 317 g/mol. The maximum absolute atomic E-state index is 6.36. The summed E-state index contributed by atoms with van der Waals surface area (Å²) in [5, 5.41) is 0. The van der Waals surface area contributed by atoms with Crippen LogP contribution in [0, 0.1) is 0 Å². The van der Waals surface area contributed by atoms with E-state index in [-0.39, 0.29) is 18.3 Å². The molecule has 2 bridgehead atoms. The SMILES string of the molecule is C[C@H]1CN2C[C@H](C)O[Si](CC[Si](C)(C)C)(O1)O[C@@H](C)C2. The normalized spacial score (nSPS) is 42.9. The molecular weight excluding hydrogens is 286 g/mol. The van der Waals surface area contributed by atoms with Gasteiger partial charge >= 0.3 is 8.80 Å². The average molecular weight is 318 g/mol. The van der Waals surface area contributed by atoms with Gasteiger partial charge in [-0.05, 0) is 20.8 Å². The summed E-state index contributed by atoms with van der Waals surface area (Å²) in [6, 6.07) is 2.21. The van der Waals surface area contributed by atoms with Crippen LogP contribution in [0.1, 0.15) is 20.8 Å². The molecule has 3 rings (SSSR count). The maximum atomic E-state index is 6.36. The predicted molar refractivity (Wildman–Crippen MR) is 86.8 cm³/mol. The summed E-state index contributed by atoms with van der Waals surface area (Å²) in [6.45, 7) is 16.7. The Balaban J connectivity index is 2.18. The highest BCUT2D eigenvalue weighted by Crippen LogP contribution is 2.31. The number of rotatable bonds is 3. The third kappa shape index (κ3) is 4.64. The second kappa shape index (κ2) is 6.18. The summed E-state index contributed by atoms with van der Waals surface area (Å²) in [6.07, 6.45) is 0.634. The van der Waals surface area contributed by atoms with Gasteiger partial charge in [-0.3, -0.25) is 4.90 Å². The Bertz CT molecular complexity index is 299. The van der Waals surface area contributed by atoms with Crippen molar-refractivity contribution in [2.24, 2.45) is 0 Å². The molecule has 0 spiro atoms. The average Bonchev–Trinajstić information content (AvgIpc) is 2.20. The molecule has 3 atom stereocenters. The first-order valence-electron chi connectivity index (χ1n) is 7.93. The van der Waals surface area contributed by atoms with Gasteiger partial charge in [-0.15, -0.1) is 0 Å². The van der Waals surface area contributed by atoms with Crippen molar-refractivity contribution in [2.45, 2.75) is 70.8 Å².